The number of aromatic nitrogens is 1. The number of rotatable bonds is 5. The monoisotopic (exact) mass is 342 g/mol. The van der Waals surface area contributed by atoms with Crippen LogP contribution in [0.5, 0.6) is 0 Å². The van der Waals surface area contributed by atoms with Crippen molar-refractivity contribution in [3.05, 3.63) is 53.5 Å². The zero-order valence-corrected chi connectivity index (χ0v) is 13.8. The van der Waals surface area contributed by atoms with Gasteiger partial charge in [0.1, 0.15) is 11.6 Å². The van der Waals surface area contributed by atoms with Crippen LogP contribution < -0.4 is 16.0 Å². The van der Waals surface area contributed by atoms with Crippen molar-refractivity contribution in [2.75, 3.05) is 23.7 Å². The first-order valence-electron chi connectivity index (χ1n) is 8.07. The zero-order chi connectivity index (χ0) is 17.8. The average molecular weight is 342 g/mol. The van der Waals surface area contributed by atoms with Gasteiger partial charge in [0.25, 0.3) is 0 Å². The van der Waals surface area contributed by atoms with Gasteiger partial charge in [-0.2, -0.15) is 0 Å². The van der Waals surface area contributed by atoms with Crippen molar-refractivity contribution in [1.29, 1.82) is 0 Å². The van der Waals surface area contributed by atoms with Gasteiger partial charge in [-0.3, -0.25) is 9.59 Å². The Balaban J connectivity index is 1.59. The van der Waals surface area contributed by atoms with E-state index in [1.165, 1.54) is 18.2 Å². The number of nitrogens with one attached hydrogen (secondary N) is 3. The zero-order valence-electron chi connectivity index (χ0n) is 13.8. The molecule has 6 nitrogen and oxygen atoms in total. The van der Waals surface area contributed by atoms with Gasteiger partial charge in [-0.05, 0) is 42.3 Å². The fourth-order valence-electron chi connectivity index (χ4n) is 2.83. The number of hydrogen-bond donors (Lipinski definition) is 3. The van der Waals surface area contributed by atoms with E-state index in [1.54, 1.807) is 6.20 Å². The van der Waals surface area contributed by atoms with E-state index in [1.807, 2.05) is 19.1 Å². The smallest absolute Gasteiger partial charge is 0.228 e. The second kappa shape index (κ2) is 7.29. The summed E-state index contributed by atoms with van der Waals surface area (Å²) in [5.74, 6) is -0.889. The van der Waals surface area contributed by atoms with Gasteiger partial charge < -0.3 is 16.0 Å². The van der Waals surface area contributed by atoms with Crippen molar-refractivity contribution in [2.45, 2.75) is 19.3 Å². The van der Waals surface area contributed by atoms with Gasteiger partial charge in [-0.15, -0.1) is 0 Å². The molecule has 1 aliphatic heterocycles. The molecule has 2 amide bonds. The van der Waals surface area contributed by atoms with E-state index in [4.69, 9.17) is 0 Å². The summed E-state index contributed by atoms with van der Waals surface area (Å²) in [6, 6.07) is 7.84. The van der Waals surface area contributed by atoms with Gasteiger partial charge in [0.15, 0.2) is 0 Å². The summed E-state index contributed by atoms with van der Waals surface area (Å²) in [5.41, 5.74) is 2.01. The molecule has 0 spiro atoms. The number of fused-ring (bicyclic) bond motifs is 1. The highest BCUT2D eigenvalue weighted by atomic mass is 19.1. The van der Waals surface area contributed by atoms with Crippen molar-refractivity contribution in [3.63, 3.8) is 0 Å². The van der Waals surface area contributed by atoms with Crippen LogP contribution in [0.1, 0.15) is 23.5 Å². The first-order chi connectivity index (χ1) is 12.0. The number of pyridine rings is 1. The molecule has 0 saturated carbocycles. The Kier molecular flexibility index (Phi) is 4.92. The standard InChI is InChI=1S/C18H19FN4O2/c1-11-3-2-6-20-17(11)21-7-8-22-18(25)14-10-16(24)23-15-5-4-12(19)9-13(14)15/h2-6,9,14H,7-8,10H2,1H3,(H,20,21)(H,22,25)(H,23,24). The maximum atomic E-state index is 13.5. The lowest BCUT2D eigenvalue weighted by Gasteiger charge is -2.25. The highest BCUT2D eigenvalue weighted by molar-refractivity contribution is 6.01. The summed E-state index contributed by atoms with van der Waals surface area (Å²) in [4.78, 5) is 28.4. The molecule has 130 valence electrons. The number of amides is 2. The maximum Gasteiger partial charge on any atom is 0.228 e. The number of halogens is 1. The second-order valence-electron chi connectivity index (χ2n) is 5.92. The highest BCUT2D eigenvalue weighted by Crippen LogP contribution is 2.32. The number of carbonyl (C=O) groups excluding carboxylic acids is 2. The lowest BCUT2D eigenvalue weighted by atomic mass is 9.89. The first-order valence-corrected chi connectivity index (χ1v) is 8.07. The molecule has 0 radical (unpaired) electrons. The van der Waals surface area contributed by atoms with Crippen LogP contribution in [0.2, 0.25) is 0 Å². The normalized spacial score (nSPS) is 15.9. The third-order valence-electron chi connectivity index (χ3n) is 4.10. The Morgan fingerprint density at radius 2 is 2.20 bits per heavy atom. The molecule has 1 unspecified atom stereocenters. The minimum atomic E-state index is -0.684. The minimum Gasteiger partial charge on any atom is -0.368 e. The van der Waals surface area contributed by atoms with Gasteiger partial charge in [-0.25, -0.2) is 9.37 Å². The predicted molar refractivity (Wildman–Crippen MR) is 92.9 cm³/mol. The number of nitrogens with zero attached hydrogens (tertiary/aromatic N) is 1. The summed E-state index contributed by atoms with van der Waals surface area (Å²) < 4.78 is 13.5. The topological polar surface area (TPSA) is 83.1 Å². The molecule has 3 N–H and O–H groups in total. The Morgan fingerprint density at radius 3 is 3.00 bits per heavy atom. The molecule has 25 heavy (non-hydrogen) atoms. The molecule has 2 aromatic rings. The Morgan fingerprint density at radius 1 is 1.36 bits per heavy atom. The van der Waals surface area contributed by atoms with Crippen LogP contribution in [-0.2, 0) is 9.59 Å². The molecule has 1 aromatic heterocycles. The Labute approximate surface area is 144 Å². The van der Waals surface area contributed by atoms with Crippen LogP contribution >= 0.6 is 0 Å². The third-order valence-corrected chi connectivity index (χ3v) is 4.10. The molecule has 0 fully saturated rings. The summed E-state index contributed by atoms with van der Waals surface area (Å²) >= 11 is 0. The largest absolute Gasteiger partial charge is 0.368 e. The Bertz CT molecular complexity index is 809. The molecule has 0 bridgehead atoms. The van der Waals surface area contributed by atoms with Crippen molar-refractivity contribution in [2.24, 2.45) is 0 Å². The van der Waals surface area contributed by atoms with E-state index in [0.29, 0.717) is 24.3 Å². The first kappa shape index (κ1) is 16.9. The molecular weight excluding hydrogens is 323 g/mol. The van der Waals surface area contributed by atoms with Crippen LogP contribution in [0.25, 0.3) is 0 Å². The van der Waals surface area contributed by atoms with Crippen molar-refractivity contribution in [3.8, 4) is 0 Å². The molecule has 1 aromatic carbocycles. The third kappa shape index (κ3) is 3.93. The fourth-order valence-corrected chi connectivity index (χ4v) is 2.83. The van der Waals surface area contributed by atoms with Gasteiger partial charge in [-0.1, -0.05) is 6.07 Å². The highest BCUT2D eigenvalue weighted by Gasteiger charge is 2.30. The van der Waals surface area contributed by atoms with Gasteiger partial charge >= 0.3 is 0 Å². The maximum absolute atomic E-state index is 13.5. The van der Waals surface area contributed by atoms with Crippen LogP contribution in [0.4, 0.5) is 15.9 Å². The summed E-state index contributed by atoms with van der Waals surface area (Å²) in [5, 5.41) is 8.60. The molecular formula is C18H19FN4O2. The lowest BCUT2D eigenvalue weighted by Crippen LogP contribution is -2.37. The number of carbonyl (C=O) groups is 2. The van der Waals surface area contributed by atoms with Crippen LogP contribution in [-0.4, -0.2) is 29.9 Å². The van der Waals surface area contributed by atoms with E-state index in [-0.39, 0.29) is 18.2 Å². The fraction of sp³-hybridized carbons (Fsp3) is 0.278. The molecule has 0 aliphatic carbocycles. The van der Waals surface area contributed by atoms with Gasteiger partial charge in [0, 0.05) is 31.4 Å². The SMILES string of the molecule is Cc1cccnc1NCCNC(=O)C1CC(=O)Nc2ccc(F)cc21. The molecule has 2 heterocycles. The molecule has 7 heteroatoms. The summed E-state index contributed by atoms with van der Waals surface area (Å²) in [6.07, 6.45) is 1.70. The van der Waals surface area contributed by atoms with E-state index in [0.717, 1.165) is 11.4 Å². The quantitative estimate of drug-likeness (QED) is 0.728. The molecule has 0 saturated heterocycles. The van der Waals surface area contributed by atoms with Crippen LogP contribution in [0.15, 0.2) is 36.5 Å². The van der Waals surface area contributed by atoms with E-state index in [2.05, 4.69) is 20.9 Å². The van der Waals surface area contributed by atoms with E-state index < -0.39 is 11.7 Å². The van der Waals surface area contributed by atoms with Crippen molar-refractivity contribution in [1.82, 2.24) is 10.3 Å². The predicted octanol–water partition coefficient (Wildman–Crippen LogP) is 2.18. The van der Waals surface area contributed by atoms with E-state index in [9.17, 15) is 14.0 Å². The minimum absolute atomic E-state index is 0.00899. The van der Waals surface area contributed by atoms with Crippen molar-refractivity contribution < 1.29 is 14.0 Å². The number of hydrogen-bond acceptors (Lipinski definition) is 4. The second-order valence-corrected chi connectivity index (χ2v) is 5.92. The van der Waals surface area contributed by atoms with Gasteiger partial charge in [0.2, 0.25) is 11.8 Å². The van der Waals surface area contributed by atoms with Crippen molar-refractivity contribution >= 4 is 23.3 Å². The van der Waals surface area contributed by atoms with Crippen LogP contribution in [0, 0.1) is 12.7 Å². The average Bonchev–Trinajstić information content (AvgIpc) is 2.59. The number of benzene rings is 1. The summed E-state index contributed by atoms with van der Waals surface area (Å²) in [6.45, 7) is 2.82. The lowest BCUT2D eigenvalue weighted by molar-refractivity contribution is -0.126. The Hall–Kier alpha value is -2.96. The number of aryl methyl sites for hydroxylation is 1. The van der Waals surface area contributed by atoms with Gasteiger partial charge in [0.05, 0.1) is 5.92 Å². The molecule has 3 rings (SSSR count). The summed E-state index contributed by atoms with van der Waals surface area (Å²) in [7, 11) is 0. The van der Waals surface area contributed by atoms with Crippen LogP contribution in [0.3, 0.4) is 0 Å². The van der Waals surface area contributed by atoms with E-state index >= 15 is 0 Å². The molecule has 1 atom stereocenters. The molecule has 1 aliphatic rings. The number of anilines is 2.